The van der Waals surface area contributed by atoms with Gasteiger partial charge in [0.05, 0.1) is 0 Å². The van der Waals surface area contributed by atoms with Crippen LogP contribution < -0.4 is 0 Å². The van der Waals surface area contributed by atoms with Crippen LogP contribution >= 0.6 is 0 Å². The Labute approximate surface area is 143 Å². The van der Waals surface area contributed by atoms with Gasteiger partial charge < -0.3 is 0 Å². The number of ketones is 1. The van der Waals surface area contributed by atoms with Crippen LogP contribution in [0.4, 0.5) is 0 Å². The Morgan fingerprint density at radius 3 is 2.22 bits per heavy atom. The van der Waals surface area contributed by atoms with Gasteiger partial charge in [0.25, 0.3) is 0 Å². The lowest BCUT2D eigenvalue weighted by Crippen LogP contribution is -2.21. The molecule has 0 saturated heterocycles. The normalized spacial score (nSPS) is 12.7. The molecule has 0 saturated carbocycles. The Balaban J connectivity index is 3.11. The molecule has 0 aliphatic rings. The Hall–Kier alpha value is -1.37. The summed E-state index contributed by atoms with van der Waals surface area (Å²) >= 11 is 0. The molecule has 0 fully saturated rings. The topological polar surface area (TPSA) is 17.1 Å². The van der Waals surface area contributed by atoms with Crippen molar-refractivity contribution in [1.82, 2.24) is 0 Å². The Bertz CT molecular complexity index is 507. The van der Waals surface area contributed by atoms with Gasteiger partial charge in [0.2, 0.25) is 0 Å². The maximum Gasteiger partial charge on any atom is 0.142 e. The van der Waals surface area contributed by atoms with Gasteiger partial charge in [0.1, 0.15) is 5.78 Å². The Morgan fingerprint density at radius 2 is 1.78 bits per heavy atom. The molecule has 0 amide bonds. The largest absolute Gasteiger partial charge is 0.299 e. The monoisotopic (exact) mass is 314 g/mol. The summed E-state index contributed by atoms with van der Waals surface area (Å²) in [6.45, 7) is 14.5. The van der Waals surface area contributed by atoms with Gasteiger partial charge in [0.15, 0.2) is 0 Å². The molecule has 0 spiro atoms. The lowest BCUT2D eigenvalue weighted by Gasteiger charge is -2.25. The predicted molar refractivity (Wildman–Crippen MR) is 102 cm³/mol. The zero-order valence-corrected chi connectivity index (χ0v) is 15.7. The van der Waals surface area contributed by atoms with E-state index in [0.29, 0.717) is 11.7 Å². The highest BCUT2D eigenvalue weighted by atomic mass is 16.1. The van der Waals surface area contributed by atoms with E-state index in [2.05, 4.69) is 45.5 Å². The van der Waals surface area contributed by atoms with E-state index in [1.807, 2.05) is 19.9 Å². The Kier molecular flexibility index (Phi) is 8.30. The molecule has 0 N–H and O–H groups in total. The van der Waals surface area contributed by atoms with Crippen LogP contribution in [0.1, 0.15) is 82.4 Å². The smallest absolute Gasteiger partial charge is 0.142 e. The molecule has 128 valence electrons. The van der Waals surface area contributed by atoms with E-state index in [-0.39, 0.29) is 11.8 Å². The number of carbonyl (C=O) groups excluding carboxylic acids is 1. The fourth-order valence-electron chi connectivity index (χ4n) is 3.49. The minimum atomic E-state index is 0.0377. The molecule has 1 unspecified atom stereocenters. The summed E-state index contributed by atoms with van der Waals surface area (Å²) in [5.74, 6) is 1.16. The molecule has 0 aromatic heterocycles. The van der Waals surface area contributed by atoms with Crippen molar-refractivity contribution in [2.75, 3.05) is 0 Å². The van der Waals surface area contributed by atoms with E-state index in [0.717, 1.165) is 12.0 Å². The molecule has 1 aromatic carbocycles. The molecular weight excluding hydrogens is 280 g/mol. The number of carbonyl (C=O) groups is 1. The number of benzene rings is 1. The molecular formula is C22H34O. The van der Waals surface area contributed by atoms with Crippen molar-refractivity contribution < 1.29 is 4.79 Å². The van der Waals surface area contributed by atoms with E-state index < -0.39 is 0 Å². The van der Waals surface area contributed by atoms with E-state index in [1.165, 1.54) is 36.8 Å². The second kappa shape index (κ2) is 9.70. The molecule has 23 heavy (non-hydrogen) atoms. The number of aryl methyl sites for hydroxylation is 1. The third-order valence-corrected chi connectivity index (χ3v) is 4.79. The lowest BCUT2D eigenvalue weighted by atomic mass is 9.79. The van der Waals surface area contributed by atoms with Crippen LogP contribution in [0.5, 0.6) is 0 Å². The Morgan fingerprint density at radius 1 is 1.17 bits per heavy atom. The first-order valence-electron chi connectivity index (χ1n) is 9.21. The highest BCUT2D eigenvalue weighted by Crippen LogP contribution is 2.32. The molecule has 1 nitrogen and oxygen atoms in total. The van der Waals surface area contributed by atoms with Gasteiger partial charge in [0, 0.05) is 11.8 Å². The van der Waals surface area contributed by atoms with Crippen LogP contribution in [0.2, 0.25) is 0 Å². The van der Waals surface area contributed by atoms with Crippen LogP contribution in [-0.2, 0) is 4.79 Å². The highest BCUT2D eigenvalue weighted by Gasteiger charge is 2.26. The SMILES string of the molecule is C=Cc1ccc(C(CC(CCC)CCC)C(=O)C(C)C)cc1C. The summed E-state index contributed by atoms with van der Waals surface area (Å²) in [6, 6.07) is 6.42. The van der Waals surface area contributed by atoms with Crippen molar-refractivity contribution >= 4 is 11.9 Å². The average molecular weight is 315 g/mol. The second-order valence-electron chi connectivity index (χ2n) is 7.11. The van der Waals surface area contributed by atoms with Crippen molar-refractivity contribution in [2.45, 2.75) is 72.6 Å². The molecule has 0 aliphatic heterocycles. The number of hydrogen-bond acceptors (Lipinski definition) is 1. The van der Waals surface area contributed by atoms with Crippen molar-refractivity contribution in [3.63, 3.8) is 0 Å². The van der Waals surface area contributed by atoms with Gasteiger partial charge in [-0.05, 0) is 36.0 Å². The lowest BCUT2D eigenvalue weighted by molar-refractivity contribution is -0.123. The molecule has 0 aliphatic carbocycles. The molecule has 0 bridgehead atoms. The van der Waals surface area contributed by atoms with Crippen LogP contribution in [0.3, 0.4) is 0 Å². The fourth-order valence-corrected chi connectivity index (χ4v) is 3.49. The van der Waals surface area contributed by atoms with Crippen LogP contribution in [-0.4, -0.2) is 5.78 Å². The first kappa shape index (κ1) is 19.7. The van der Waals surface area contributed by atoms with Crippen molar-refractivity contribution in [1.29, 1.82) is 0 Å². The molecule has 1 heteroatoms. The maximum absolute atomic E-state index is 12.8. The third kappa shape index (κ3) is 5.64. The summed E-state index contributed by atoms with van der Waals surface area (Å²) in [4.78, 5) is 12.8. The van der Waals surface area contributed by atoms with Crippen molar-refractivity contribution in [3.05, 3.63) is 41.5 Å². The van der Waals surface area contributed by atoms with Gasteiger partial charge >= 0.3 is 0 Å². The predicted octanol–water partition coefficient (Wildman–Crippen LogP) is 6.55. The van der Waals surface area contributed by atoms with Crippen molar-refractivity contribution in [3.8, 4) is 0 Å². The van der Waals surface area contributed by atoms with Crippen molar-refractivity contribution in [2.24, 2.45) is 11.8 Å². The number of hydrogen-bond donors (Lipinski definition) is 0. The van der Waals surface area contributed by atoms with Crippen LogP contribution in [0, 0.1) is 18.8 Å². The van der Waals surface area contributed by atoms with E-state index in [4.69, 9.17) is 0 Å². The highest BCUT2D eigenvalue weighted by molar-refractivity contribution is 5.87. The van der Waals surface area contributed by atoms with Gasteiger partial charge in [-0.1, -0.05) is 84.2 Å². The minimum Gasteiger partial charge on any atom is -0.299 e. The summed E-state index contributed by atoms with van der Waals surface area (Å²) < 4.78 is 0. The summed E-state index contributed by atoms with van der Waals surface area (Å²) in [5, 5.41) is 0. The average Bonchev–Trinajstić information content (AvgIpc) is 2.52. The standard InChI is InChI=1S/C22H34O/c1-7-10-18(11-8-2)15-21(22(23)16(4)5)20-13-12-19(9-3)17(6)14-20/h9,12-14,16,18,21H,3,7-8,10-11,15H2,1-2,4-6H3. The fraction of sp³-hybridized carbons (Fsp3) is 0.591. The first-order valence-corrected chi connectivity index (χ1v) is 9.21. The summed E-state index contributed by atoms with van der Waals surface area (Å²) in [7, 11) is 0. The number of Topliss-reactive ketones (excluding diaryl/α,β-unsaturated/α-hetero) is 1. The summed E-state index contributed by atoms with van der Waals surface area (Å²) in [5.41, 5.74) is 3.55. The molecule has 0 heterocycles. The summed E-state index contributed by atoms with van der Waals surface area (Å²) in [6.07, 6.45) is 7.71. The van der Waals surface area contributed by atoms with Crippen LogP contribution in [0.15, 0.2) is 24.8 Å². The zero-order valence-electron chi connectivity index (χ0n) is 15.7. The van der Waals surface area contributed by atoms with E-state index in [1.54, 1.807) is 0 Å². The maximum atomic E-state index is 12.8. The molecule has 1 rings (SSSR count). The zero-order chi connectivity index (χ0) is 17.4. The third-order valence-electron chi connectivity index (χ3n) is 4.79. The van der Waals surface area contributed by atoms with Crippen LogP contribution in [0.25, 0.3) is 6.08 Å². The second-order valence-corrected chi connectivity index (χ2v) is 7.11. The minimum absolute atomic E-state index is 0.0377. The van der Waals surface area contributed by atoms with Gasteiger partial charge in [-0.2, -0.15) is 0 Å². The molecule has 1 atom stereocenters. The molecule has 1 aromatic rings. The van der Waals surface area contributed by atoms with Gasteiger partial charge in [-0.25, -0.2) is 0 Å². The quantitative estimate of drug-likeness (QED) is 0.478. The van der Waals surface area contributed by atoms with E-state index >= 15 is 0 Å². The first-order chi connectivity index (χ1) is 10.9. The molecule has 0 radical (unpaired) electrons. The van der Waals surface area contributed by atoms with Gasteiger partial charge in [-0.3, -0.25) is 4.79 Å². The van der Waals surface area contributed by atoms with E-state index in [9.17, 15) is 4.79 Å². The van der Waals surface area contributed by atoms with Gasteiger partial charge in [-0.15, -0.1) is 0 Å². The number of rotatable bonds is 10.